The molecule has 142 valence electrons. The Hall–Kier alpha value is -2.12. The standard InChI is InChI=1S/C19H28N4O2S/c1-15-13-23-18(26-15)9-11-22-19(20-2)21-10-4-12-25-14-16-5-7-17(24-3)8-6-16/h5-8,13H,4,9-12,14H2,1-3H3,(H2,20,21,22). The van der Waals surface area contributed by atoms with Crippen molar-refractivity contribution in [2.75, 3.05) is 33.9 Å². The number of hydrogen-bond donors (Lipinski definition) is 2. The summed E-state index contributed by atoms with van der Waals surface area (Å²) in [5.74, 6) is 1.68. The maximum absolute atomic E-state index is 5.70. The number of aliphatic imine (C=N–C) groups is 1. The van der Waals surface area contributed by atoms with Crippen LogP contribution in [0.25, 0.3) is 0 Å². The first-order chi connectivity index (χ1) is 12.7. The predicted molar refractivity (Wildman–Crippen MR) is 107 cm³/mol. The van der Waals surface area contributed by atoms with Gasteiger partial charge in [-0.3, -0.25) is 4.99 Å². The second kappa shape index (κ2) is 11.5. The summed E-state index contributed by atoms with van der Waals surface area (Å²) in [4.78, 5) is 9.84. The van der Waals surface area contributed by atoms with Crippen molar-refractivity contribution in [3.63, 3.8) is 0 Å². The van der Waals surface area contributed by atoms with E-state index in [0.717, 1.165) is 48.2 Å². The van der Waals surface area contributed by atoms with Crippen LogP contribution in [0.2, 0.25) is 0 Å². The number of aromatic nitrogens is 1. The van der Waals surface area contributed by atoms with Gasteiger partial charge in [-0.15, -0.1) is 11.3 Å². The van der Waals surface area contributed by atoms with Crippen LogP contribution in [0.15, 0.2) is 35.5 Å². The van der Waals surface area contributed by atoms with E-state index >= 15 is 0 Å². The van der Waals surface area contributed by atoms with Gasteiger partial charge in [-0.25, -0.2) is 4.98 Å². The molecule has 1 heterocycles. The maximum Gasteiger partial charge on any atom is 0.190 e. The van der Waals surface area contributed by atoms with Crippen molar-refractivity contribution in [3.8, 4) is 5.75 Å². The van der Waals surface area contributed by atoms with E-state index < -0.39 is 0 Å². The van der Waals surface area contributed by atoms with E-state index in [1.807, 2.05) is 30.5 Å². The molecule has 7 heteroatoms. The lowest BCUT2D eigenvalue weighted by atomic mass is 10.2. The molecule has 2 rings (SSSR count). The second-order valence-electron chi connectivity index (χ2n) is 5.79. The Kier molecular flexibility index (Phi) is 8.92. The van der Waals surface area contributed by atoms with Gasteiger partial charge in [0.25, 0.3) is 0 Å². The average molecular weight is 377 g/mol. The summed E-state index contributed by atoms with van der Waals surface area (Å²) in [6, 6.07) is 7.94. The Morgan fingerprint density at radius 2 is 1.96 bits per heavy atom. The van der Waals surface area contributed by atoms with Crippen molar-refractivity contribution < 1.29 is 9.47 Å². The molecule has 26 heavy (non-hydrogen) atoms. The highest BCUT2D eigenvalue weighted by Gasteiger charge is 2.01. The molecule has 0 bridgehead atoms. The smallest absolute Gasteiger partial charge is 0.190 e. The van der Waals surface area contributed by atoms with Crippen molar-refractivity contribution in [2.24, 2.45) is 4.99 Å². The third-order valence-electron chi connectivity index (χ3n) is 3.71. The number of aryl methyl sites for hydroxylation is 1. The van der Waals surface area contributed by atoms with Crippen LogP contribution in [0.1, 0.15) is 21.9 Å². The van der Waals surface area contributed by atoms with Gasteiger partial charge in [0.2, 0.25) is 0 Å². The Morgan fingerprint density at radius 1 is 1.19 bits per heavy atom. The molecular formula is C19H28N4O2S. The molecule has 0 atom stereocenters. The van der Waals surface area contributed by atoms with Gasteiger partial charge in [-0.2, -0.15) is 0 Å². The number of guanidine groups is 1. The first-order valence-electron chi connectivity index (χ1n) is 8.77. The molecule has 0 spiro atoms. The minimum atomic E-state index is 0.615. The van der Waals surface area contributed by atoms with Crippen LogP contribution in [0.5, 0.6) is 5.75 Å². The molecule has 1 aromatic carbocycles. The number of methoxy groups -OCH3 is 1. The van der Waals surface area contributed by atoms with Gasteiger partial charge in [0.05, 0.1) is 18.7 Å². The zero-order chi connectivity index (χ0) is 18.6. The van der Waals surface area contributed by atoms with E-state index in [9.17, 15) is 0 Å². The van der Waals surface area contributed by atoms with Crippen LogP contribution in [-0.2, 0) is 17.8 Å². The van der Waals surface area contributed by atoms with Crippen LogP contribution in [-0.4, -0.2) is 44.8 Å². The minimum absolute atomic E-state index is 0.615. The number of benzene rings is 1. The fraction of sp³-hybridized carbons (Fsp3) is 0.474. The summed E-state index contributed by atoms with van der Waals surface area (Å²) >= 11 is 1.74. The van der Waals surface area contributed by atoms with Crippen LogP contribution < -0.4 is 15.4 Å². The summed E-state index contributed by atoms with van der Waals surface area (Å²) in [5, 5.41) is 7.76. The van der Waals surface area contributed by atoms with Gasteiger partial charge >= 0.3 is 0 Å². The third kappa shape index (κ3) is 7.41. The fourth-order valence-corrected chi connectivity index (χ4v) is 3.10. The molecular weight excluding hydrogens is 348 g/mol. The highest BCUT2D eigenvalue weighted by molar-refractivity contribution is 7.11. The van der Waals surface area contributed by atoms with Crippen molar-refractivity contribution in [2.45, 2.75) is 26.4 Å². The van der Waals surface area contributed by atoms with Gasteiger partial charge in [-0.05, 0) is 31.0 Å². The molecule has 1 aromatic heterocycles. The van der Waals surface area contributed by atoms with Crippen molar-refractivity contribution in [3.05, 3.63) is 45.9 Å². The lowest BCUT2D eigenvalue weighted by Crippen LogP contribution is -2.39. The van der Waals surface area contributed by atoms with E-state index in [2.05, 4.69) is 27.5 Å². The first-order valence-corrected chi connectivity index (χ1v) is 9.59. The Labute approximate surface area is 159 Å². The molecule has 0 aliphatic rings. The number of nitrogens with zero attached hydrogens (tertiary/aromatic N) is 2. The van der Waals surface area contributed by atoms with Crippen LogP contribution in [0.3, 0.4) is 0 Å². The number of ether oxygens (including phenoxy) is 2. The minimum Gasteiger partial charge on any atom is -0.497 e. The topological polar surface area (TPSA) is 67.8 Å². The predicted octanol–water partition coefficient (Wildman–Crippen LogP) is 2.77. The summed E-state index contributed by atoms with van der Waals surface area (Å²) in [7, 11) is 3.45. The first kappa shape index (κ1) is 20.2. The lowest BCUT2D eigenvalue weighted by molar-refractivity contribution is 0.119. The number of hydrogen-bond acceptors (Lipinski definition) is 5. The molecule has 2 aromatic rings. The van der Waals surface area contributed by atoms with Gasteiger partial charge in [0, 0.05) is 44.2 Å². The fourth-order valence-electron chi connectivity index (χ4n) is 2.32. The quantitative estimate of drug-likeness (QED) is 0.379. The largest absolute Gasteiger partial charge is 0.497 e. The highest BCUT2D eigenvalue weighted by Crippen LogP contribution is 2.12. The molecule has 0 saturated heterocycles. The van der Waals surface area contributed by atoms with E-state index in [1.54, 1.807) is 25.5 Å². The van der Waals surface area contributed by atoms with Gasteiger partial charge in [0.1, 0.15) is 5.75 Å². The van der Waals surface area contributed by atoms with Crippen molar-refractivity contribution in [1.82, 2.24) is 15.6 Å². The third-order valence-corrected chi connectivity index (χ3v) is 4.68. The van der Waals surface area contributed by atoms with Crippen LogP contribution in [0, 0.1) is 6.92 Å². The summed E-state index contributed by atoms with van der Waals surface area (Å²) < 4.78 is 10.8. The van der Waals surface area contributed by atoms with Gasteiger partial charge in [0.15, 0.2) is 5.96 Å². The average Bonchev–Trinajstić information content (AvgIpc) is 3.08. The monoisotopic (exact) mass is 376 g/mol. The van der Waals surface area contributed by atoms with Gasteiger partial charge < -0.3 is 20.1 Å². The molecule has 0 radical (unpaired) electrons. The van der Waals surface area contributed by atoms with E-state index in [-0.39, 0.29) is 0 Å². The molecule has 0 unspecified atom stereocenters. The molecule has 0 aliphatic heterocycles. The molecule has 2 N–H and O–H groups in total. The zero-order valence-electron chi connectivity index (χ0n) is 15.7. The number of thiazole rings is 1. The number of nitrogens with one attached hydrogen (secondary N) is 2. The SMILES string of the molecule is CN=C(NCCCOCc1ccc(OC)cc1)NCCc1ncc(C)s1. The Balaban J connectivity index is 1.53. The van der Waals surface area contributed by atoms with E-state index in [4.69, 9.17) is 9.47 Å². The normalized spacial score (nSPS) is 11.4. The molecule has 0 amide bonds. The molecule has 0 aliphatic carbocycles. The lowest BCUT2D eigenvalue weighted by Gasteiger charge is -2.11. The summed E-state index contributed by atoms with van der Waals surface area (Å²) in [6.07, 6.45) is 3.74. The molecule has 6 nitrogen and oxygen atoms in total. The zero-order valence-corrected chi connectivity index (χ0v) is 16.6. The molecule has 0 saturated carbocycles. The van der Waals surface area contributed by atoms with E-state index in [0.29, 0.717) is 13.2 Å². The highest BCUT2D eigenvalue weighted by atomic mass is 32.1. The van der Waals surface area contributed by atoms with E-state index in [1.165, 1.54) is 4.88 Å². The van der Waals surface area contributed by atoms with Gasteiger partial charge in [-0.1, -0.05) is 12.1 Å². The maximum atomic E-state index is 5.70. The van der Waals surface area contributed by atoms with Crippen LogP contribution >= 0.6 is 11.3 Å². The molecule has 0 fully saturated rings. The van der Waals surface area contributed by atoms with Crippen LogP contribution in [0.4, 0.5) is 0 Å². The summed E-state index contributed by atoms with van der Waals surface area (Å²) in [5.41, 5.74) is 1.15. The Morgan fingerprint density at radius 3 is 2.62 bits per heavy atom. The van der Waals surface area contributed by atoms with Crippen molar-refractivity contribution in [1.29, 1.82) is 0 Å². The second-order valence-corrected chi connectivity index (χ2v) is 7.11. The summed E-state index contributed by atoms with van der Waals surface area (Å²) in [6.45, 7) is 5.03. The van der Waals surface area contributed by atoms with Crippen molar-refractivity contribution >= 4 is 17.3 Å². The Bertz CT molecular complexity index is 670. The number of rotatable bonds is 10.